The second kappa shape index (κ2) is 11.6. The number of ether oxygens (including phenoxy) is 1. The van der Waals surface area contributed by atoms with Crippen molar-refractivity contribution >= 4 is 17.6 Å². The lowest BCUT2D eigenvalue weighted by Crippen LogP contribution is -2.43. The minimum Gasteiger partial charge on any atom is -0.497 e. The van der Waals surface area contributed by atoms with Crippen LogP contribution in [0, 0.1) is 6.92 Å². The molecular weight excluding hydrogens is 464 g/mol. The first-order valence-electron chi connectivity index (χ1n) is 12.3. The molecule has 4 rings (SSSR count). The zero-order chi connectivity index (χ0) is 26.4. The van der Waals surface area contributed by atoms with E-state index >= 15 is 0 Å². The molecule has 7 heteroatoms. The van der Waals surface area contributed by atoms with Crippen LogP contribution in [-0.4, -0.2) is 46.2 Å². The van der Waals surface area contributed by atoms with Gasteiger partial charge in [-0.1, -0.05) is 60.2 Å². The topological polar surface area (TPSA) is 76.5 Å². The van der Waals surface area contributed by atoms with Gasteiger partial charge in [0.1, 0.15) is 18.1 Å². The van der Waals surface area contributed by atoms with Gasteiger partial charge in [0.05, 0.1) is 24.9 Å². The standard InChI is InChI=1S/C30H32N4O3/c1-21(2)33(30(36)18-23-12-16-26(37-4)17-13-23)20-29(35)31-28-19-27(24-8-6-5-7-9-24)32-34(28)25-14-10-22(3)11-15-25/h5-17,19,21H,18,20H2,1-4H3,(H,31,35). The van der Waals surface area contributed by atoms with Crippen LogP contribution in [0.2, 0.25) is 0 Å². The Kier molecular flexibility index (Phi) is 8.03. The molecule has 0 aliphatic rings. The first-order chi connectivity index (χ1) is 17.8. The molecule has 37 heavy (non-hydrogen) atoms. The van der Waals surface area contributed by atoms with Crippen LogP contribution in [0.4, 0.5) is 5.82 Å². The van der Waals surface area contributed by atoms with Crippen molar-refractivity contribution in [3.63, 3.8) is 0 Å². The summed E-state index contributed by atoms with van der Waals surface area (Å²) in [4.78, 5) is 27.9. The first-order valence-corrected chi connectivity index (χ1v) is 12.3. The Hall–Kier alpha value is -4.39. The fraction of sp³-hybridized carbons (Fsp3) is 0.233. The summed E-state index contributed by atoms with van der Waals surface area (Å²) in [5.74, 6) is 0.868. The van der Waals surface area contributed by atoms with E-state index in [0.717, 1.165) is 33.8 Å². The summed E-state index contributed by atoms with van der Waals surface area (Å²) in [6.07, 6.45) is 0.203. The lowest BCUT2D eigenvalue weighted by atomic mass is 10.1. The Morgan fingerprint density at radius 2 is 1.65 bits per heavy atom. The van der Waals surface area contributed by atoms with Crippen molar-refractivity contribution in [2.45, 2.75) is 33.2 Å². The molecule has 0 aliphatic heterocycles. The minimum atomic E-state index is -0.287. The fourth-order valence-corrected chi connectivity index (χ4v) is 4.02. The van der Waals surface area contributed by atoms with Crippen LogP contribution in [0.1, 0.15) is 25.0 Å². The van der Waals surface area contributed by atoms with Gasteiger partial charge in [-0.3, -0.25) is 9.59 Å². The number of nitrogens with one attached hydrogen (secondary N) is 1. The summed E-state index contributed by atoms with van der Waals surface area (Å²) in [6, 6.07) is 26.8. The van der Waals surface area contributed by atoms with Gasteiger partial charge in [-0.2, -0.15) is 5.10 Å². The van der Waals surface area contributed by atoms with Gasteiger partial charge in [0.15, 0.2) is 0 Å². The summed E-state index contributed by atoms with van der Waals surface area (Å²) in [7, 11) is 1.60. The molecule has 0 saturated heterocycles. The van der Waals surface area contributed by atoms with Gasteiger partial charge in [-0.05, 0) is 50.6 Å². The van der Waals surface area contributed by atoms with Crippen LogP contribution in [0.3, 0.4) is 0 Å². The van der Waals surface area contributed by atoms with E-state index in [-0.39, 0.29) is 30.8 Å². The Morgan fingerprint density at radius 3 is 2.27 bits per heavy atom. The molecular formula is C30H32N4O3. The number of anilines is 1. The smallest absolute Gasteiger partial charge is 0.245 e. The van der Waals surface area contributed by atoms with E-state index in [2.05, 4.69) is 5.32 Å². The number of carbonyl (C=O) groups is 2. The molecule has 0 unspecified atom stereocenters. The van der Waals surface area contributed by atoms with E-state index in [1.165, 1.54) is 0 Å². The quantitative estimate of drug-likeness (QED) is 0.342. The maximum absolute atomic E-state index is 13.2. The molecule has 0 aliphatic carbocycles. The Bertz CT molecular complexity index is 1340. The van der Waals surface area contributed by atoms with Crippen LogP contribution >= 0.6 is 0 Å². The lowest BCUT2D eigenvalue weighted by Gasteiger charge is -2.26. The van der Waals surface area contributed by atoms with E-state index in [4.69, 9.17) is 9.84 Å². The highest BCUT2D eigenvalue weighted by Crippen LogP contribution is 2.25. The summed E-state index contributed by atoms with van der Waals surface area (Å²) < 4.78 is 6.91. The van der Waals surface area contributed by atoms with E-state index in [9.17, 15) is 9.59 Å². The molecule has 0 atom stereocenters. The second-order valence-electron chi connectivity index (χ2n) is 9.22. The van der Waals surface area contributed by atoms with Gasteiger partial charge in [-0.25, -0.2) is 4.68 Å². The van der Waals surface area contributed by atoms with Crippen molar-refractivity contribution in [2.75, 3.05) is 19.0 Å². The van der Waals surface area contributed by atoms with Crippen LogP contribution in [0.15, 0.2) is 84.9 Å². The number of nitrogens with zero attached hydrogens (tertiary/aromatic N) is 3. The molecule has 190 valence electrons. The zero-order valence-corrected chi connectivity index (χ0v) is 21.6. The van der Waals surface area contributed by atoms with Crippen LogP contribution in [0.25, 0.3) is 16.9 Å². The molecule has 0 spiro atoms. The average molecular weight is 497 g/mol. The lowest BCUT2D eigenvalue weighted by molar-refractivity contribution is -0.135. The maximum atomic E-state index is 13.2. The second-order valence-corrected chi connectivity index (χ2v) is 9.22. The molecule has 1 N–H and O–H groups in total. The van der Waals surface area contributed by atoms with Crippen molar-refractivity contribution in [2.24, 2.45) is 0 Å². The largest absolute Gasteiger partial charge is 0.497 e. The summed E-state index contributed by atoms with van der Waals surface area (Å²) >= 11 is 0. The van der Waals surface area contributed by atoms with Gasteiger partial charge < -0.3 is 15.0 Å². The number of rotatable bonds is 9. The molecule has 1 aromatic heterocycles. The molecule has 3 aromatic carbocycles. The third-order valence-corrected chi connectivity index (χ3v) is 6.10. The Labute approximate surface area is 217 Å². The highest BCUT2D eigenvalue weighted by molar-refractivity contribution is 5.95. The molecule has 0 saturated carbocycles. The normalized spacial score (nSPS) is 10.8. The van der Waals surface area contributed by atoms with Crippen molar-refractivity contribution in [3.05, 3.63) is 96.1 Å². The van der Waals surface area contributed by atoms with Gasteiger partial charge in [0.25, 0.3) is 0 Å². The summed E-state index contributed by atoms with van der Waals surface area (Å²) in [6.45, 7) is 5.77. The summed E-state index contributed by atoms with van der Waals surface area (Å²) in [5, 5.41) is 7.75. The number of hydrogen-bond acceptors (Lipinski definition) is 4. The molecule has 0 fully saturated rings. The number of aryl methyl sites for hydroxylation is 1. The predicted molar refractivity (Wildman–Crippen MR) is 146 cm³/mol. The van der Waals surface area contributed by atoms with Crippen molar-refractivity contribution in [1.82, 2.24) is 14.7 Å². The average Bonchev–Trinajstić information content (AvgIpc) is 3.32. The highest BCUT2D eigenvalue weighted by atomic mass is 16.5. The number of amides is 2. The van der Waals surface area contributed by atoms with E-state index in [0.29, 0.717) is 5.82 Å². The predicted octanol–water partition coefficient (Wildman–Crippen LogP) is 5.27. The highest BCUT2D eigenvalue weighted by Gasteiger charge is 2.22. The number of hydrogen-bond donors (Lipinski definition) is 1. The number of benzene rings is 3. The molecule has 2 amide bonds. The van der Waals surface area contributed by atoms with E-state index in [1.807, 2.05) is 106 Å². The zero-order valence-electron chi connectivity index (χ0n) is 21.6. The minimum absolute atomic E-state index is 0.0631. The van der Waals surface area contributed by atoms with Crippen molar-refractivity contribution in [3.8, 4) is 22.7 Å². The van der Waals surface area contributed by atoms with Crippen molar-refractivity contribution < 1.29 is 14.3 Å². The summed E-state index contributed by atoms with van der Waals surface area (Å²) in [5.41, 5.74) is 4.52. The van der Waals surface area contributed by atoms with Crippen LogP contribution in [-0.2, 0) is 16.0 Å². The number of methoxy groups -OCH3 is 1. The van der Waals surface area contributed by atoms with E-state index in [1.54, 1.807) is 16.7 Å². The Balaban J connectivity index is 1.54. The SMILES string of the molecule is COc1ccc(CC(=O)N(CC(=O)Nc2cc(-c3ccccc3)nn2-c2ccc(C)cc2)C(C)C)cc1. The molecule has 7 nitrogen and oxygen atoms in total. The molecule has 0 bridgehead atoms. The number of aromatic nitrogens is 2. The first kappa shape index (κ1) is 25.7. The monoisotopic (exact) mass is 496 g/mol. The van der Waals surface area contributed by atoms with Crippen LogP contribution < -0.4 is 10.1 Å². The van der Waals surface area contributed by atoms with Gasteiger partial charge in [-0.15, -0.1) is 0 Å². The van der Waals surface area contributed by atoms with Crippen LogP contribution in [0.5, 0.6) is 5.75 Å². The van der Waals surface area contributed by atoms with Crippen molar-refractivity contribution in [1.29, 1.82) is 0 Å². The fourth-order valence-electron chi connectivity index (χ4n) is 4.02. The van der Waals surface area contributed by atoms with Gasteiger partial charge >= 0.3 is 0 Å². The van der Waals surface area contributed by atoms with E-state index < -0.39 is 0 Å². The third kappa shape index (κ3) is 6.44. The number of carbonyl (C=O) groups excluding carboxylic acids is 2. The molecule has 1 heterocycles. The van der Waals surface area contributed by atoms with Gasteiger partial charge in [0.2, 0.25) is 11.8 Å². The van der Waals surface area contributed by atoms with Gasteiger partial charge in [0, 0.05) is 17.7 Å². The Morgan fingerprint density at radius 1 is 0.973 bits per heavy atom. The maximum Gasteiger partial charge on any atom is 0.245 e. The molecule has 4 aromatic rings. The molecule has 0 radical (unpaired) electrons. The third-order valence-electron chi connectivity index (χ3n) is 6.10.